The fraction of sp³-hybridized carbons (Fsp3) is 0.368. The predicted molar refractivity (Wildman–Crippen MR) is 103 cm³/mol. The van der Waals surface area contributed by atoms with E-state index in [1.165, 1.54) is 0 Å². The van der Waals surface area contributed by atoms with Crippen molar-refractivity contribution in [2.45, 2.75) is 26.2 Å². The summed E-state index contributed by atoms with van der Waals surface area (Å²) >= 11 is 0. The molecule has 0 spiro atoms. The third kappa shape index (κ3) is 5.02. The average molecular weight is 351 g/mol. The molecule has 136 valence electrons. The van der Waals surface area contributed by atoms with Crippen LogP contribution in [0.15, 0.2) is 53.8 Å². The van der Waals surface area contributed by atoms with Crippen molar-refractivity contribution in [3.63, 3.8) is 0 Å². The molecule has 0 aliphatic rings. The lowest BCUT2D eigenvalue weighted by molar-refractivity contribution is 0.747. The first kappa shape index (κ1) is 17.8. The second-order valence-electron chi connectivity index (χ2n) is 5.91. The van der Waals surface area contributed by atoms with Crippen LogP contribution < -0.4 is 10.6 Å². The molecular weight excluding hydrogens is 326 g/mol. The zero-order chi connectivity index (χ0) is 18.0. The quantitative estimate of drug-likeness (QED) is 0.368. The number of aliphatic imine (C=N–C) groups is 1. The number of aromatic nitrogens is 4. The zero-order valence-corrected chi connectivity index (χ0v) is 15.1. The highest BCUT2D eigenvalue weighted by molar-refractivity contribution is 5.79. The van der Waals surface area contributed by atoms with Gasteiger partial charge in [-0.3, -0.25) is 14.4 Å². The summed E-state index contributed by atoms with van der Waals surface area (Å²) in [4.78, 5) is 8.98. The molecule has 0 unspecified atom stereocenters. The summed E-state index contributed by atoms with van der Waals surface area (Å²) < 4.78 is 2.03. The molecule has 0 aliphatic heterocycles. The van der Waals surface area contributed by atoms with Crippen LogP contribution in [0, 0.1) is 0 Å². The molecule has 2 N–H and O–H groups in total. The smallest absolute Gasteiger partial charge is 0.191 e. The van der Waals surface area contributed by atoms with Gasteiger partial charge in [0.2, 0.25) is 0 Å². The summed E-state index contributed by atoms with van der Waals surface area (Å²) in [6.45, 7) is 4.45. The first-order chi connectivity index (χ1) is 12.9. The van der Waals surface area contributed by atoms with E-state index in [1.807, 2.05) is 53.2 Å². The van der Waals surface area contributed by atoms with Crippen molar-refractivity contribution in [1.29, 1.82) is 0 Å². The number of aryl methyl sites for hydroxylation is 1. The van der Waals surface area contributed by atoms with Gasteiger partial charge in [0.25, 0.3) is 0 Å². The molecule has 0 radical (unpaired) electrons. The summed E-state index contributed by atoms with van der Waals surface area (Å²) in [7, 11) is 0. The van der Waals surface area contributed by atoms with E-state index in [0.29, 0.717) is 0 Å². The Morgan fingerprint density at radius 1 is 1.08 bits per heavy atom. The van der Waals surface area contributed by atoms with Crippen molar-refractivity contribution >= 4 is 11.6 Å². The van der Waals surface area contributed by atoms with Gasteiger partial charge in [0.1, 0.15) is 5.82 Å². The van der Waals surface area contributed by atoms with Crippen LogP contribution >= 0.6 is 0 Å². The Bertz CT molecular complexity index is 826. The van der Waals surface area contributed by atoms with Crippen LogP contribution in [-0.2, 0) is 12.8 Å². The lowest BCUT2D eigenvalue weighted by Crippen LogP contribution is -2.38. The molecule has 3 aromatic heterocycles. The van der Waals surface area contributed by atoms with Gasteiger partial charge >= 0.3 is 0 Å². The Hall–Kier alpha value is -2.96. The second-order valence-corrected chi connectivity index (χ2v) is 5.91. The monoisotopic (exact) mass is 351 g/mol. The standard InChI is InChI=1S/C19H25N7/c1-2-20-19(23-14-11-16-8-3-5-12-21-16)22-13-7-10-18-25-24-17-9-4-6-15-26(17)18/h3-6,8-9,12,15H,2,7,10-11,13-14H2,1H3,(H2,20,22,23). The Morgan fingerprint density at radius 3 is 2.85 bits per heavy atom. The molecule has 0 fully saturated rings. The van der Waals surface area contributed by atoms with E-state index in [4.69, 9.17) is 0 Å². The zero-order valence-electron chi connectivity index (χ0n) is 15.1. The van der Waals surface area contributed by atoms with Crippen LogP contribution in [0.5, 0.6) is 0 Å². The molecule has 0 aliphatic carbocycles. The Balaban J connectivity index is 1.46. The van der Waals surface area contributed by atoms with E-state index < -0.39 is 0 Å². The minimum Gasteiger partial charge on any atom is -0.357 e. The van der Waals surface area contributed by atoms with Crippen LogP contribution in [0.2, 0.25) is 0 Å². The van der Waals surface area contributed by atoms with E-state index in [2.05, 4.69) is 37.7 Å². The van der Waals surface area contributed by atoms with Gasteiger partial charge in [-0.2, -0.15) is 0 Å². The maximum absolute atomic E-state index is 4.64. The summed E-state index contributed by atoms with van der Waals surface area (Å²) in [5.41, 5.74) is 1.96. The molecule has 0 aromatic carbocycles. The molecule has 0 amide bonds. The number of nitrogens with one attached hydrogen (secondary N) is 2. The van der Waals surface area contributed by atoms with Crippen LogP contribution in [-0.4, -0.2) is 45.2 Å². The first-order valence-corrected chi connectivity index (χ1v) is 9.07. The highest BCUT2D eigenvalue weighted by Crippen LogP contribution is 2.05. The summed E-state index contributed by atoms with van der Waals surface area (Å²) in [6, 6.07) is 11.9. The Morgan fingerprint density at radius 2 is 2.00 bits per heavy atom. The van der Waals surface area contributed by atoms with Gasteiger partial charge in [0.15, 0.2) is 11.6 Å². The molecule has 3 aromatic rings. The fourth-order valence-corrected chi connectivity index (χ4v) is 2.69. The van der Waals surface area contributed by atoms with Gasteiger partial charge in [0.05, 0.1) is 0 Å². The SMILES string of the molecule is CCNC(=NCCCc1nnc2ccccn12)NCCc1ccccn1. The van der Waals surface area contributed by atoms with Crippen LogP contribution in [0.4, 0.5) is 0 Å². The van der Waals surface area contributed by atoms with E-state index in [0.717, 1.165) is 62.0 Å². The summed E-state index contributed by atoms with van der Waals surface area (Å²) in [5, 5.41) is 15.1. The molecule has 0 saturated carbocycles. The lowest BCUT2D eigenvalue weighted by atomic mass is 10.3. The molecule has 7 nitrogen and oxygen atoms in total. The number of nitrogens with zero attached hydrogens (tertiary/aromatic N) is 5. The van der Waals surface area contributed by atoms with Crippen molar-refractivity contribution in [3.8, 4) is 0 Å². The van der Waals surface area contributed by atoms with E-state index >= 15 is 0 Å². The van der Waals surface area contributed by atoms with Crippen molar-refractivity contribution in [3.05, 3.63) is 60.3 Å². The third-order valence-corrected chi connectivity index (χ3v) is 3.96. The van der Waals surface area contributed by atoms with E-state index in [1.54, 1.807) is 0 Å². The van der Waals surface area contributed by atoms with E-state index in [-0.39, 0.29) is 0 Å². The number of fused-ring (bicyclic) bond motifs is 1. The number of hydrogen-bond acceptors (Lipinski definition) is 4. The van der Waals surface area contributed by atoms with Crippen LogP contribution in [0.3, 0.4) is 0 Å². The normalized spacial score (nSPS) is 11.7. The summed E-state index contributed by atoms with van der Waals surface area (Å²) in [6.07, 6.45) is 6.46. The average Bonchev–Trinajstić information content (AvgIpc) is 3.09. The number of hydrogen-bond donors (Lipinski definition) is 2. The second kappa shape index (κ2) is 9.50. The van der Waals surface area contributed by atoms with Gasteiger partial charge in [-0.1, -0.05) is 12.1 Å². The highest BCUT2D eigenvalue weighted by atomic mass is 15.2. The minimum absolute atomic E-state index is 0.737. The van der Waals surface area contributed by atoms with E-state index in [9.17, 15) is 0 Å². The molecule has 0 bridgehead atoms. The maximum Gasteiger partial charge on any atom is 0.191 e. The molecule has 7 heteroatoms. The van der Waals surface area contributed by atoms with Crippen molar-refractivity contribution < 1.29 is 0 Å². The number of guanidine groups is 1. The van der Waals surface area contributed by atoms with Crippen molar-refractivity contribution in [1.82, 2.24) is 30.2 Å². The van der Waals surface area contributed by atoms with Crippen LogP contribution in [0.25, 0.3) is 5.65 Å². The van der Waals surface area contributed by atoms with Gasteiger partial charge in [-0.05, 0) is 37.6 Å². The largest absolute Gasteiger partial charge is 0.357 e. The van der Waals surface area contributed by atoms with Gasteiger partial charge in [-0.15, -0.1) is 10.2 Å². The molecule has 3 rings (SSSR count). The predicted octanol–water partition coefficient (Wildman–Crippen LogP) is 1.85. The van der Waals surface area contributed by atoms with Crippen molar-refractivity contribution in [2.24, 2.45) is 4.99 Å². The molecular formula is C19H25N7. The summed E-state index contributed by atoms with van der Waals surface area (Å²) in [5.74, 6) is 1.82. The first-order valence-electron chi connectivity index (χ1n) is 9.07. The molecule has 3 heterocycles. The Labute approximate surface area is 153 Å². The molecule has 0 atom stereocenters. The molecule has 26 heavy (non-hydrogen) atoms. The fourth-order valence-electron chi connectivity index (χ4n) is 2.69. The molecule has 0 saturated heterocycles. The highest BCUT2D eigenvalue weighted by Gasteiger charge is 2.04. The topological polar surface area (TPSA) is 79.5 Å². The van der Waals surface area contributed by atoms with Gasteiger partial charge in [0, 0.05) is 50.6 Å². The van der Waals surface area contributed by atoms with Gasteiger partial charge in [-0.25, -0.2) is 0 Å². The number of rotatable bonds is 8. The third-order valence-electron chi connectivity index (χ3n) is 3.96. The maximum atomic E-state index is 4.64. The lowest BCUT2D eigenvalue weighted by Gasteiger charge is -2.11. The van der Waals surface area contributed by atoms with Crippen molar-refractivity contribution in [2.75, 3.05) is 19.6 Å². The minimum atomic E-state index is 0.737. The van der Waals surface area contributed by atoms with Crippen LogP contribution in [0.1, 0.15) is 24.9 Å². The Kier molecular flexibility index (Phi) is 6.53. The number of pyridine rings is 2. The van der Waals surface area contributed by atoms with Gasteiger partial charge < -0.3 is 10.6 Å².